The molecule has 2 aromatic carbocycles. The lowest BCUT2D eigenvalue weighted by molar-refractivity contribution is 0.640. The SMILES string of the molecule is Cc1ccc(-c2nn(Cc3ccc4ncccc4c3)c(=O)cc2C)cc1. The van der Waals surface area contributed by atoms with Gasteiger partial charge in [-0.2, -0.15) is 5.10 Å². The first-order valence-corrected chi connectivity index (χ1v) is 8.60. The van der Waals surface area contributed by atoms with Crippen molar-refractivity contribution in [3.8, 4) is 11.3 Å². The molecule has 4 nitrogen and oxygen atoms in total. The molecule has 0 amide bonds. The molecule has 2 heterocycles. The van der Waals surface area contributed by atoms with Gasteiger partial charge in [0.2, 0.25) is 0 Å². The zero-order valence-electron chi connectivity index (χ0n) is 14.8. The van der Waals surface area contributed by atoms with Crippen LogP contribution in [0, 0.1) is 13.8 Å². The number of aryl methyl sites for hydroxylation is 2. The molecule has 0 atom stereocenters. The van der Waals surface area contributed by atoms with Gasteiger partial charge in [-0.25, -0.2) is 4.68 Å². The molecule has 0 bridgehead atoms. The predicted octanol–water partition coefficient (Wildman–Crippen LogP) is 4.12. The van der Waals surface area contributed by atoms with Gasteiger partial charge in [0.1, 0.15) is 0 Å². The Morgan fingerprint density at radius 3 is 2.58 bits per heavy atom. The third-order valence-corrected chi connectivity index (χ3v) is 4.51. The van der Waals surface area contributed by atoms with E-state index in [1.165, 1.54) is 10.2 Å². The van der Waals surface area contributed by atoms with E-state index in [9.17, 15) is 4.79 Å². The van der Waals surface area contributed by atoms with Crippen LogP contribution in [0.5, 0.6) is 0 Å². The smallest absolute Gasteiger partial charge is 0.267 e. The number of aromatic nitrogens is 3. The summed E-state index contributed by atoms with van der Waals surface area (Å²) in [4.78, 5) is 16.8. The van der Waals surface area contributed by atoms with Gasteiger partial charge in [0, 0.05) is 23.2 Å². The monoisotopic (exact) mass is 341 g/mol. The number of hydrogen-bond donors (Lipinski definition) is 0. The molecule has 4 rings (SSSR count). The fourth-order valence-corrected chi connectivity index (χ4v) is 3.08. The minimum Gasteiger partial charge on any atom is -0.268 e. The van der Waals surface area contributed by atoms with E-state index in [0.717, 1.165) is 33.3 Å². The maximum absolute atomic E-state index is 12.4. The van der Waals surface area contributed by atoms with Crippen LogP contribution in [0.1, 0.15) is 16.7 Å². The first-order chi connectivity index (χ1) is 12.6. The van der Waals surface area contributed by atoms with Crippen molar-refractivity contribution >= 4 is 10.9 Å². The molecule has 0 aliphatic carbocycles. The van der Waals surface area contributed by atoms with Crippen molar-refractivity contribution < 1.29 is 0 Å². The third kappa shape index (κ3) is 3.14. The Bertz CT molecular complexity index is 1140. The molecule has 0 radical (unpaired) electrons. The standard InChI is InChI=1S/C22H19N3O/c1-15-5-8-18(9-6-15)22-16(2)12-21(26)25(24-22)14-17-7-10-20-19(13-17)4-3-11-23-20/h3-13H,14H2,1-2H3. The van der Waals surface area contributed by atoms with Gasteiger partial charge in [0.15, 0.2) is 0 Å². The highest BCUT2D eigenvalue weighted by Crippen LogP contribution is 2.20. The lowest BCUT2D eigenvalue weighted by Crippen LogP contribution is -2.24. The minimum absolute atomic E-state index is 0.0929. The summed E-state index contributed by atoms with van der Waals surface area (Å²) in [5.41, 5.74) is 5.82. The molecule has 0 spiro atoms. The Labute approximate surface area is 151 Å². The summed E-state index contributed by atoms with van der Waals surface area (Å²) in [5, 5.41) is 5.69. The lowest BCUT2D eigenvalue weighted by Gasteiger charge is -2.11. The molecule has 0 fully saturated rings. The first-order valence-electron chi connectivity index (χ1n) is 8.60. The summed E-state index contributed by atoms with van der Waals surface area (Å²) in [5.74, 6) is 0. The Morgan fingerprint density at radius 2 is 1.77 bits per heavy atom. The topological polar surface area (TPSA) is 47.8 Å². The Balaban J connectivity index is 1.74. The van der Waals surface area contributed by atoms with Crippen molar-refractivity contribution in [2.24, 2.45) is 0 Å². The predicted molar refractivity (Wildman–Crippen MR) is 104 cm³/mol. The van der Waals surface area contributed by atoms with E-state index < -0.39 is 0 Å². The molecule has 0 aliphatic heterocycles. The van der Waals surface area contributed by atoms with Crippen LogP contribution in [0.25, 0.3) is 22.2 Å². The molecule has 0 saturated heterocycles. The van der Waals surface area contributed by atoms with E-state index >= 15 is 0 Å². The van der Waals surface area contributed by atoms with Crippen LogP contribution in [0.15, 0.2) is 71.7 Å². The molecule has 0 aliphatic rings. The van der Waals surface area contributed by atoms with Crippen molar-refractivity contribution in [1.29, 1.82) is 0 Å². The quantitative estimate of drug-likeness (QED) is 0.563. The fraction of sp³-hybridized carbons (Fsp3) is 0.136. The summed E-state index contributed by atoms with van der Waals surface area (Å²) in [6, 6.07) is 19.8. The van der Waals surface area contributed by atoms with Crippen LogP contribution >= 0.6 is 0 Å². The number of pyridine rings is 1. The second kappa shape index (κ2) is 6.56. The van der Waals surface area contributed by atoms with Gasteiger partial charge in [0.25, 0.3) is 5.56 Å². The van der Waals surface area contributed by atoms with Crippen LogP contribution in [-0.4, -0.2) is 14.8 Å². The third-order valence-electron chi connectivity index (χ3n) is 4.51. The molecule has 26 heavy (non-hydrogen) atoms. The van der Waals surface area contributed by atoms with E-state index in [4.69, 9.17) is 0 Å². The first kappa shape index (κ1) is 16.2. The number of fused-ring (bicyclic) bond motifs is 1. The summed E-state index contributed by atoms with van der Waals surface area (Å²) < 4.78 is 1.53. The van der Waals surface area contributed by atoms with Gasteiger partial charge < -0.3 is 0 Å². The molecule has 0 saturated carbocycles. The lowest BCUT2D eigenvalue weighted by atomic mass is 10.1. The number of nitrogens with zero attached hydrogens (tertiary/aromatic N) is 3. The van der Waals surface area contributed by atoms with Crippen molar-refractivity contribution in [3.05, 3.63) is 93.9 Å². The number of benzene rings is 2. The zero-order valence-corrected chi connectivity index (χ0v) is 14.8. The Hall–Kier alpha value is -3.27. The second-order valence-electron chi connectivity index (χ2n) is 6.57. The fourth-order valence-electron chi connectivity index (χ4n) is 3.08. The molecule has 0 N–H and O–H groups in total. The van der Waals surface area contributed by atoms with Crippen molar-refractivity contribution in [1.82, 2.24) is 14.8 Å². The molecule has 0 unspecified atom stereocenters. The van der Waals surface area contributed by atoms with Crippen LogP contribution < -0.4 is 5.56 Å². The largest absolute Gasteiger partial charge is 0.268 e. The summed E-state index contributed by atoms with van der Waals surface area (Å²) in [6.07, 6.45) is 1.78. The Morgan fingerprint density at radius 1 is 0.962 bits per heavy atom. The van der Waals surface area contributed by atoms with E-state index in [-0.39, 0.29) is 5.56 Å². The van der Waals surface area contributed by atoms with Crippen molar-refractivity contribution in [2.75, 3.05) is 0 Å². The van der Waals surface area contributed by atoms with E-state index in [1.54, 1.807) is 12.3 Å². The molecule has 4 aromatic rings. The van der Waals surface area contributed by atoms with Crippen LogP contribution in [0.2, 0.25) is 0 Å². The maximum atomic E-state index is 12.4. The van der Waals surface area contributed by atoms with Gasteiger partial charge in [-0.15, -0.1) is 0 Å². The van der Waals surface area contributed by atoms with Crippen LogP contribution in [0.3, 0.4) is 0 Å². The summed E-state index contributed by atoms with van der Waals surface area (Å²) >= 11 is 0. The minimum atomic E-state index is -0.0929. The van der Waals surface area contributed by atoms with Crippen molar-refractivity contribution in [2.45, 2.75) is 20.4 Å². The van der Waals surface area contributed by atoms with Gasteiger partial charge in [-0.1, -0.05) is 42.0 Å². The molecule has 128 valence electrons. The van der Waals surface area contributed by atoms with Gasteiger partial charge in [0.05, 0.1) is 17.8 Å². The average Bonchev–Trinajstić information content (AvgIpc) is 2.65. The molecular formula is C22H19N3O. The average molecular weight is 341 g/mol. The highest BCUT2D eigenvalue weighted by atomic mass is 16.1. The number of hydrogen-bond acceptors (Lipinski definition) is 3. The Kier molecular flexibility index (Phi) is 4.09. The van der Waals surface area contributed by atoms with Gasteiger partial charge in [-0.3, -0.25) is 9.78 Å². The normalized spacial score (nSPS) is 11.0. The maximum Gasteiger partial charge on any atom is 0.267 e. The summed E-state index contributed by atoms with van der Waals surface area (Å²) in [6.45, 7) is 4.41. The zero-order chi connectivity index (χ0) is 18.1. The highest BCUT2D eigenvalue weighted by Gasteiger charge is 2.09. The molecular weight excluding hydrogens is 322 g/mol. The molecule has 2 aromatic heterocycles. The highest BCUT2D eigenvalue weighted by molar-refractivity contribution is 5.78. The van der Waals surface area contributed by atoms with E-state index in [2.05, 4.69) is 35.2 Å². The molecule has 4 heteroatoms. The van der Waals surface area contributed by atoms with E-state index in [1.807, 2.05) is 43.3 Å². The van der Waals surface area contributed by atoms with E-state index in [0.29, 0.717) is 6.54 Å². The van der Waals surface area contributed by atoms with Crippen LogP contribution in [-0.2, 0) is 6.54 Å². The summed E-state index contributed by atoms with van der Waals surface area (Å²) in [7, 11) is 0. The second-order valence-corrected chi connectivity index (χ2v) is 6.57. The van der Waals surface area contributed by atoms with Crippen molar-refractivity contribution in [3.63, 3.8) is 0 Å². The van der Waals surface area contributed by atoms with Gasteiger partial charge in [-0.05, 0) is 43.2 Å². The van der Waals surface area contributed by atoms with Crippen LogP contribution in [0.4, 0.5) is 0 Å². The van der Waals surface area contributed by atoms with Gasteiger partial charge >= 0.3 is 0 Å². The number of rotatable bonds is 3.